The molecule has 6 heteroatoms. The van der Waals surface area contributed by atoms with Crippen molar-refractivity contribution in [3.63, 3.8) is 0 Å². The first-order valence-electron chi connectivity index (χ1n) is 8.07. The zero-order valence-corrected chi connectivity index (χ0v) is 16.3. The lowest BCUT2D eigenvalue weighted by Gasteiger charge is -2.37. The molecular weight excluding hydrogens is 390 g/mol. The summed E-state index contributed by atoms with van der Waals surface area (Å²) in [5.41, 5.74) is 2.27. The van der Waals surface area contributed by atoms with E-state index in [-0.39, 0.29) is 23.6 Å². The minimum absolute atomic E-state index is 0.182. The number of aryl methyl sites for hydroxylation is 1. The van der Waals surface area contributed by atoms with E-state index in [2.05, 4.69) is 27.3 Å². The highest BCUT2D eigenvalue weighted by Gasteiger charge is 2.44. The quantitative estimate of drug-likeness (QED) is 0.759. The molecular formula is C18H20BrNO3S. The van der Waals surface area contributed by atoms with Gasteiger partial charge in [0.1, 0.15) is 5.78 Å². The molecule has 0 bridgehead atoms. The Labute approximate surface area is 154 Å². The fourth-order valence-corrected chi connectivity index (χ4v) is 5.14. The predicted octanol–water partition coefficient (Wildman–Crippen LogP) is 4.21. The SMILES string of the molecule is CCOC(=O)C1=C(C)NC2=CCCC(=O)C2C1c1cc(Br)c(C)s1. The van der Waals surface area contributed by atoms with E-state index >= 15 is 0 Å². The van der Waals surface area contributed by atoms with E-state index in [1.54, 1.807) is 18.3 Å². The first kappa shape index (κ1) is 17.4. The largest absolute Gasteiger partial charge is 0.463 e. The third-order valence-electron chi connectivity index (χ3n) is 4.50. The van der Waals surface area contributed by atoms with Crippen LogP contribution in [0.5, 0.6) is 0 Å². The molecule has 1 aliphatic carbocycles. The molecule has 1 aromatic heterocycles. The van der Waals surface area contributed by atoms with Gasteiger partial charge in [-0.25, -0.2) is 4.79 Å². The molecule has 24 heavy (non-hydrogen) atoms. The van der Waals surface area contributed by atoms with E-state index in [0.717, 1.165) is 32.0 Å². The van der Waals surface area contributed by atoms with Crippen LogP contribution in [-0.2, 0) is 14.3 Å². The van der Waals surface area contributed by atoms with Gasteiger partial charge >= 0.3 is 5.97 Å². The number of thiophene rings is 1. The maximum absolute atomic E-state index is 12.7. The van der Waals surface area contributed by atoms with Crippen LogP contribution in [0.1, 0.15) is 42.4 Å². The Morgan fingerprint density at radius 1 is 1.42 bits per heavy atom. The molecule has 3 rings (SSSR count). The zero-order chi connectivity index (χ0) is 17.4. The number of rotatable bonds is 3. The fraction of sp³-hybridized carbons (Fsp3) is 0.444. The number of carbonyl (C=O) groups is 2. The average molecular weight is 410 g/mol. The summed E-state index contributed by atoms with van der Waals surface area (Å²) in [5, 5.41) is 3.27. The molecule has 0 spiro atoms. The van der Waals surface area contributed by atoms with Crippen LogP contribution in [0.25, 0.3) is 0 Å². The Hall–Kier alpha value is -1.40. The summed E-state index contributed by atoms with van der Waals surface area (Å²) in [6, 6.07) is 2.03. The van der Waals surface area contributed by atoms with Gasteiger partial charge < -0.3 is 10.1 Å². The molecule has 1 aromatic rings. The van der Waals surface area contributed by atoms with Gasteiger partial charge in [-0.2, -0.15) is 0 Å². The normalized spacial score (nSPS) is 23.5. The monoisotopic (exact) mass is 409 g/mol. The van der Waals surface area contributed by atoms with Crippen molar-refractivity contribution in [1.82, 2.24) is 5.32 Å². The van der Waals surface area contributed by atoms with E-state index in [0.29, 0.717) is 18.6 Å². The Morgan fingerprint density at radius 2 is 2.17 bits per heavy atom. The molecule has 2 heterocycles. The van der Waals surface area contributed by atoms with Crippen LogP contribution in [-0.4, -0.2) is 18.4 Å². The van der Waals surface area contributed by atoms with Crippen molar-refractivity contribution in [2.24, 2.45) is 5.92 Å². The van der Waals surface area contributed by atoms with Crippen LogP contribution < -0.4 is 5.32 Å². The van der Waals surface area contributed by atoms with Crippen molar-refractivity contribution in [3.05, 3.63) is 43.3 Å². The number of esters is 1. The second kappa shape index (κ2) is 6.84. The molecule has 0 amide bonds. The lowest BCUT2D eigenvalue weighted by Crippen LogP contribution is -2.40. The fourth-order valence-electron chi connectivity index (χ4n) is 3.43. The Morgan fingerprint density at radius 3 is 2.79 bits per heavy atom. The highest BCUT2D eigenvalue weighted by atomic mass is 79.9. The molecule has 2 aliphatic rings. The van der Waals surface area contributed by atoms with Gasteiger partial charge in [-0.15, -0.1) is 11.3 Å². The van der Waals surface area contributed by atoms with Crippen LogP contribution >= 0.6 is 27.3 Å². The van der Waals surface area contributed by atoms with Gasteiger partial charge in [-0.3, -0.25) is 4.79 Å². The zero-order valence-electron chi connectivity index (χ0n) is 13.9. The van der Waals surface area contributed by atoms with E-state index < -0.39 is 0 Å². The molecule has 128 valence electrons. The second-order valence-corrected chi connectivity index (χ2v) is 8.20. The molecule has 0 aromatic carbocycles. The average Bonchev–Trinajstić information content (AvgIpc) is 2.85. The topological polar surface area (TPSA) is 55.4 Å². The molecule has 1 N–H and O–H groups in total. The highest BCUT2D eigenvalue weighted by Crippen LogP contribution is 2.47. The summed E-state index contributed by atoms with van der Waals surface area (Å²) >= 11 is 5.18. The van der Waals surface area contributed by atoms with Crippen molar-refractivity contribution >= 4 is 39.0 Å². The van der Waals surface area contributed by atoms with Crippen LogP contribution in [0.4, 0.5) is 0 Å². The summed E-state index contributed by atoms with van der Waals surface area (Å²) in [7, 11) is 0. The first-order chi connectivity index (χ1) is 11.4. The number of halogens is 1. The minimum Gasteiger partial charge on any atom is -0.463 e. The molecule has 0 fully saturated rings. The summed E-state index contributed by atoms with van der Waals surface area (Å²) in [6.45, 7) is 6.02. The van der Waals surface area contributed by atoms with Gasteiger partial charge in [-0.1, -0.05) is 6.08 Å². The number of ketones is 1. The van der Waals surface area contributed by atoms with Crippen molar-refractivity contribution < 1.29 is 14.3 Å². The van der Waals surface area contributed by atoms with Crippen molar-refractivity contribution in [3.8, 4) is 0 Å². The van der Waals surface area contributed by atoms with E-state index in [4.69, 9.17) is 4.74 Å². The van der Waals surface area contributed by atoms with Crippen LogP contribution in [0.2, 0.25) is 0 Å². The minimum atomic E-state index is -0.341. The van der Waals surface area contributed by atoms with Gasteiger partial charge in [0.05, 0.1) is 18.1 Å². The number of carbonyl (C=O) groups excluding carboxylic acids is 2. The molecule has 2 unspecified atom stereocenters. The van der Waals surface area contributed by atoms with Gasteiger partial charge in [-0.05, 0) is 49.2 Å². The summed E-state index contributed by atoms with van der Waals surface area (Å²) in [6.07, 6.45) is 3.35. The molecule has 0 saturated heterocycles. The number of allylic oxidation sites excluding steroid dienone is 3. The molecule has 1 aliphatic heterocycles. The number of fused-ring (bicyclic) bond motifs is 1. The summed E-state index contributed by atoms with van der Waals surface area (Å²) in [4.78, 5) is 27.4. The maximum Gasteiger partial charge on any atom is 0.336 e. The Bertz CT molecular complexity index is 743. The van der Waals surface area contributed by atoms with E-state index in [1.807, 2.05) is 19.9 Å². The maximum atomic E-state index is 12.7. The number of hydrogen-bond acceptors (Lipinski definition) is 5. The number of hydrogen-bond donors (Lipinski definition) is 1. The predicted molar refractivity (Wildman–Crippen MR) is 97.8 cm³/mol. The van der Waals surface area contributed by atoms with E-state index in [9.17, 15) is 9.59 Å². The van der Waals surface area contributed by atoms with Gasteiger partial charge in [0, 0.05) is 38.0 Å². The highest BCUT2D eigenvalue weighted by molar-refractivity contribution is 9.10. The number of nitrogens with one attached hydrogen (secondary N) is 1. The van der Waals surface area contributed by atoms with E-state index in [1.165, 1.54) is 0 Å². The summed E-state index contributed by atoms with van der Waals surface area (Å²) < 4.78 is 6.29. The molecule has 4 nitrogen and oxygen atoms in total. The first-order valence-corrected chi connectivity index (χ1v) is 9.68. The lowest BCUT2D eigenvalue weighted by molar-refractivity contribution is -0.139. The Kier molecular flexibility index (Phi) is 4.97. The van der Waals surface area contributed by atoms with Crippen LogP contribution in [0.3, 0.4) is 0 Å². The number of Topliss-reactive ketones (excluding diaryl/α,β-unsaturated/α-hetero) is 1. The van der Waals surface area contributed by atoms with Gasteiger partial charge in [0.2, 0.25) is 0 Å². The molecule has 0 saturated carbocycles. The standard InChI is InChI=1S/C18H20BrNO3S/c1-4-23-18(22)15-9(2)20-12-6-5-7-13(21)16(12)17(15)14-8-11(19)10(3)24-14/h6,8,16-17,20H,4-5,7H2,1-3H3. The molecule has 0 radical (unpaired) electrons. The smallest absolute Gasteiger partial charge is 0.336 e. The van der Waals surface area contributed by atoms with Gasteiger partial charge in [0.15, 0.2) is 0 Å². The molecule has 2 atom stereocenters. The van der Waals surface area contributed by atoms with Crippen LogP contribution in [0.15, 0.2) is 33.6 Å². The second-order valence-electron chi connectivity index (χ2n) is 6.06. The lowest BCUT2D eigenvalue weighted by atomic mass is 9.73. The summed E-state index contributed by atoms with van der Waals surface area (Å²) in [5.74, 6) is -0.764. The van der Waals surface area contributed by atoms with Gasteiger partial charge in [0.25, 0.3) is 0 Å². The van der Waals surface area contributed by atoms with Crippen LogP contribution in [0, 0.1) is 12.8 Å². The van der Waals surface area contributed by atoms with Crippen molar-refractivity contribution in [2.45, 2.75) is 39.5 Å². The van der Waals surface area contributed by atoms with Crippen molar-refractivity contribution in [1.29, 1.82) is 0 Å². The number of ether oxygens (including phenoxy) is 1. The van der Waals surface area contributed by atoms with Crippen molar-refractivity contribution in [2.75, 3.05) is 6.61 Å². The Balaban J connectivity index is 2.16. The third-order valence-corrected chi connectivity index (χ3v) is 6.71. The third kappa shape index (κ3) is 2.97.